The second-order valence-electron chi connectivity index (χ2n) is 6.10. The molecule has 3 aromatic heterocycles. The van der Waals surface area contributed by atoms with E-state index >= 15 is 0 Å². The fourth-order valence-electron chi connectivity index (χ4n) is 2.58. The Morgan fingerprint density at radius 3 is 2.90 bits per heavy atom. The first kappa shape index (κ1) is 19.4. The molecule has 0 aliphatic heterocycles. The SMILES string of the molecule is C[C@H](Sc1ncnc2c1cnn2C)C(=O)Nc1nc(-c2ccc(F)c(F)c2)cs1. The maximum absolute atomic E-state index is 13.4. The number of nitrogens with zero attached hydrogens (tertiary/aromatic N) is 5. The molecule has 4 rings (SSSR count). The van der Waals surface area contributed by atoms with Crippen LogP contribution in [0.25, 0.3) is 22.3 Å². The minimum Gasteiger partial charge on any atom is -0.301 e. The fraction of sp³-hybridized carbons (Fsp3) is 0.167. The lowest BCUT2D eigenvalue weighted by Gasteiger charge is -2.10. The Balaban J connectivity index is 1.46. The third-order valence-electron chi connectivity index (χ3n) is 4.10. The van der Waals surface area contributed by atoms with Crippen LogP contribution in [0.5, 0.6) is 0 Å². The van der Waals surface area contributed by atoms with Crippen LogP contribution in [0.2, 0.25) is 0 Å². The Kier molecular flexibility index (Phi) is 5.24. The van der Waals surface area contributed by atoms with Gasteiger partial charge in [0.05, 0.1) is 22.5 Å². The molecular formula is C18H14F2N6OS2. The van der Waals surface area contributed by atoms with Gasteiger partial charge in [-0.2, -0.15) is 5.10 Å². The Labute approximate surface area is 172 Å². The van der Waals surface area contributed by atoms with Crippen molar-refractivity contribution in [3.05, 3.63) is 47.7 Å². The summed E-state index contributed by atoms with van der Waals surface area (Å²) in [6, 6.07) is 3.55. The first-order chi connectivity index (χ1) is 13.9. The number of anilines is 1. The van der Waals surface area contributed by atoms with Crippen LogP contribution in [0.4, 0.5) is 13.9 Å². The maximum atomic E-state index is 13.4. The monoisotopic (exact) mass is 432 g/mol. The van der Waals surface area contributed by atoms with Crippen LogP contribution >= 0.6 is 23.1 Å². The number of thiazole rings is 1. The standard InChI is InChI=1S/C18H14F2N6OS2/c1-9(29-17-11-6-23-26(2)15(11)21-8-22-17)16(27)25-18-24-14(7-28-18)10-3-4-12(19)13(20)5-10/h3-9H,1-2H3,(H,24,25,27)/t9-/m0/s1. The predicted octanol–water partition coefficient (Wildman–Crippen LogP) is 3.88. The van der Waals surface area contributed by atoms with Crippen molar-refractivity contribution < 1.29 is 13.6 Å². The number of thioether (sulfide) groups is 1. The van der Waals surface area contributed by atoms with Crippen LogP contribution in [0.1, 0.15) is 6.92 Å². The number of aryl methyl sites for hydroxylation is 1. The van der Waals surface area contributed by atoms with E-state index in [4.69, 9.17) is 0 Å². The lowest BCUT2D eigenvalue weighted by atomic mass is 10.2. The number of carbonyl (C=O) groups is 1. The summed E-state index contributed by atoms with van der Waals surface area (Å²) in [7, 11) is 1.78. The van der Waals surface area contributed by atoms with Crippen LogP contribution in [-0.2, 0) is 11.8 Å². The largest absolute Gasteiger partial charge is 0.301 e. The Bertz CT molecular complexity index is 1210. The molecule has 0 bridgehead atoms. The summed E-state index contributed by atoms with van der Waals surface area (Å²) in [5.74, 6) is -2.12. The normalized spacial score (nSPS) is 12.3. The van der Waals surface area contributed by atoms with Gasteiger partial charge in [-0.05, 0) is 25.1 Å². The molecule has 1 aromatic carbocycles. The molecule has 4 aromatic rings. The van der Waals surface area contributed by atoms with E-state index in [1.165, 1.54) is 35.5 Å². The van der Waals surface area contributed by atoms with Gasteiger partial charge in [0.1, 0.15) is 11.4 Å². The number of hydrogen-bond acceptors (Lipinski definition) is 7. The molecule has 0 unspecified atom stereocenters. The molecule has 0 aliphatic rings. The molecule has 7 nitrogen and oxygen atoms in total. The molecule has 0 aliphatic carbocycles. The third kappa shape index (κ3) is 3.96. The van der Waals surface area contributed by atoms with Crippen molar-refractivity contribution in [2.45, 2.75) is 17.2 Å². The van der Waals surface area contributed by atoms with Gasteiger partial charge in [0, 0.05) is 18.0 Å². The highest BCUT2D eigenvalue weighted by Gasteiger charge is 2.19. The van der Waals surface area contributed by atoms with Gasteiger partial charge >= 0.3 is 0 Å². The van der Waals surface area contributed by atoms with Crippen LogP contribution in [-0.4, -0.2) is 35.9 Å². The van der Waals surface area contributed by atoms with Gasteiger partial charge < -0.3 is 5.32 Å². The van der Waals surface area contributed by atoms with Crippen molar-refractivity contribution in [1.29, 1.82) is 0 Å². The van der Waals surface area contributed by atoms with E-state index in [0.717, 1.165) is 17.5 Å². The van der Waals surface area contributed by atoms with Crippen molar-refractivity contribution in [1.82, 2.24) is 24.7 Å². The molecule has 0 fully saturated rings. The molecule has 1 atom stereocenters. The van der Waals surface area contributed by atoms with Crippen LogP contribution in [0.3, 0.4) is 0 Å². The zero-order chi connectivity index (χ0) is 20.5. The van der Waals surface area contributed by atoms with Gasteiger partial charge in [-0.25, -0.2) is 23.7 Å². The van der Waals surface area contributed by atoms with Crippen molar-refractivity contribution >= 4 is 45.2 Å². The number of carbonyl (C=O) groups excluding carboxylic acids is 1. The Morgan fingerprint density at radius 2 is 2.10 bits per heavy atom. The van der Waals surface area contributed by atoms with Gasteiger partial charge in [0.15, 0.2) is 22.4 Å². The smallest absolute Gasteiger partial charge is 0.239 e. The second kappa shape index (κ2) is 7.84. The van der Waals surface area contributed by atoms with E-state index in [0.29, 0.717) is 27.1 Å². The Hall–Kier alpha value is -2.92. The van der Waals surface area contributed by atoms with E-state index in [9.17, 15) is 13.6 Å². The summed E-state index contributed by atoms with van der Waals surface area (Å²) in [6.45, 7) is 1.76. The second-order valence-corrected chi connectivity index (χ2v) is 8.29. The summed E-state index contributed by atoms with van der Waals surface area (Å²) in [4.78, 5) is 25.3. The first-order valence-electron chi connectivity index (χ1n) is 8.43. The van der Waals surface area contributed by atoms with E-state index in [-0.39, 0.29) is 5.91 Å². The molecule has 11 heteroatoms. The molecular weight excluding hydrogens is 418 g/mol. The average Bonchev–Trinajstić information content (AvgIpc) is 3.32. The number of halogens is 2. The molecule has 29 heavy (non-hydrogen) atoms. The zero-order valence-electron chi connectivity index (χ0n) is 15.3. The van der Waals surface area contributed by atoms with E-state index in [1.807, 2.05) is 0 Å². The van der Waals surface area contributed by atoms with Gasteiger partial charge in [-0.15, -0.1) is 11.3 Å². The fourth-order valence-corrected chi connectivity index (χ4v) is 4.18. The average molecular weight is 432 g/mol. The highest BCUT2D eigenvalue weighted by molar-refractivity contribution is 8.00. The van der Waals surface area contributed by atoms with Gasteiger partial charge in [0.2, 0.25) is 5.91 Å². The quantitative estimate of drug-likeness (QED) is 0.380. The van der Waals surface area contributed by atoms with E-state index < -0.39 is 16.9 Å². The lowest BCUT2D eigenvalue weighted by molar-refractivity contribution is -0.115. The molecule has 0 radical (unpaired) electrons. The minimum absolute atomic E-state index is 0.253. The summed E-state index contributed by atoms with van der Waals surface area (Å²) in [5, 5.41) is 9.93. The molecule has 148 valence electrons. The summed E-state index contributed by atoms with van der Waals surface area (Å²) in [6.07, 6.45) is 3.10. The van der Waals surface area contributed by atoms with Crippen LogP contribution in [0, 0.1) is 11.6 Å². The number of amides is 1. The summed E-state index contributed by atoms with van der Waals surface area (Å²) in [5.41, 5.74) is 1.58. The maximum Gasteiger partial charge on any atom is 0.239 e. The molecule has 0 saturated heterocycles. The van der Waals surface area contributed by atoms with Crippen molar-refractivity contribution in [3.63, 3.8) is 0 Å². The Morgan fingerprint density at radius 1 is 1.28 bits per heavy atom. The lowest BCUT2D eigenvalue weighted by Crippen LogP contribution is -2.22. The zero-order valence-corrected chi connectivity index (χ0v) is 16.9. The number of benzene rings is 1. The highest BCUT2D eigenvalue weighted by Crippen LogP contribution is 2.30. The predicted molar refractivity (Wildman–Crippen MR) is 108 cm³/mol. The van der Waals surface area contributed by atoms with Gasteiger partial charge in [-0.1, -0.05) is 11.8 Å². The van der Waals surface area contributed by atoms with E-state index in [1.54, 1.807) is 30.2 Å². The molecule has 1 N–H and O–H groups in total. The minimum atomic E-state index is -0.947. The number of nitrogens with one attached hydrogen (secondary N) is 1. The van der Waals surface area contributed by atoms with E-state index in [2.05, 4.69) is 25.4 Å². The van der Waals surface area contributed by atoms with Crippen molar-refractivity contribution in [3.8, 4) is 11.3 Å². The van der Waals surface area contributed by atoms with Crippen LogP contribution in [0.15, 0.2) is 41.1 Å². The first-order valence-corrected chi connectivity index (χ1v) is 10.2. The van der Waals surface area contributed by atoms with Gasteiger partial charge in [0.25, 0.3) is 0 Å². The van der Waals surface area contributed by atoms with Crippen molar-refractivity contribution in [2.75, 3.05) is 5.32 Å². The number of rotatable bonds is 5. The third-order valence-corrected chi connectivity index (χ3v) is 5.97. The molecule has 1 amide bonds. The number of aromatic nitrogens is 5. The summed E-state index contributed by atoms with van der Waals surface area (Å²) < 4.78 is 28.2. The number of fused-ring (bicyclic) bond motifs is 1. The van der Waals surface area contributed by atoms with Gasteiger partial charge in [-0.3, -0.25) is 9.48 Å². The summed E-state index contributed by atoms with van der Waals surface area (Å²) >= 11 is 2.49. The topological polar surface area (TPSA) is 85.6 Å². The molecule has 0 saturated carbocycles. The molecule has 3 heterocycles. The van der Waals surface area contributed by atoms with Crippen molar-refractivity contribution in [2.24, 2.45) is 7.05 Å². The highest BCUT2D eigenvalue weighted by atomic mass is 32.2. The number of hydrogen-bond donors (Lipinski definition) is 1. The van der Waals surface area contributed by atoms with Crippen LogP contribution < -0.4 is 5.32 Å². The molecule has 0 spiro atoms.